The third kappa shape index (κ3) is 2.03. The maximum Gasteiger partial charge on any atom is 0.159 e. The Kier molecular flexibility index (Phi) is 3.83. The van der Waals surface area contributed by atoms with Gasteiger partial charge in [-0.1, -0.05) is 31.9 Å². The van der Waals surface area contributed by atoms with Crippen LogP contribution in [0.25, 0.3) is 0 Å². The van der Waals surface area contributed by atoms with Gasteiger partial charge in [-0.05, 0) is 15.9 Å². The molecule has 0 radical (unpaired) electrons. The fourth-order valence-corrected chi connectivity index (χ4v) is 3.33. The minimum absolute atomic E-state index is 0.829. The molecule has 0 N–H and O–H groups in total. The molecule has 0 fully saturated rings. The van der Waals surface area contributed by atoms with Crippen LogP contribution in [0.2, 0.25) is 0 Å². The number of halogens is 3. The molecule has 0 amide bonds. The molecule has 0 unspecified atom stereocenters. The van der Waals surface area contributed by atoms with Gasteiger partial charge in [-0.25, -0.2) is 4.98 Å². The molecule has 1 heterocycles. The zero-order valence-corrected chi connectivity index (χ0v) is 10.5. The van der Waals surface area contributed by atoms with Crippen molar-refractivity contribution in [3.8, 4) is 0 Å². The van der Waals surface area contributed by atoms with Crippen molar-refractivity contribution in [3.63, 3.8) is 0 Å². The van der Waals surface area contributed by atoms with Crippen molar-refractivity contribution in [2.24, 2.45) is 0 Å². The molecule has 0 atom stereocenters. The Balaban J connectivity index is 2.96. The molecule has 1 nitrogen and oxygen atoms in total. The van der Waals surface area contributed by atoms with Crippen LogP contribution in [-0.2, 0) is 10.7 Å². The highest BCUT2D eigenvalue weighted by molar-refractivity contribution is 9.11. The van der Waals surface area contributed by atoms with Crippen LogP contribution in [0.15, 0.2) is 3.92 Å². The maximum atomic E-state index is 4.26. The van der Waals surface area contributed by atoms with Gasteiger partial charge < -0.3 is 0 Å². The molecule has 0 aliphatic carbocycles. The Hall–Kier alpha value is 1.07. The van der Waals surface area contributed by atoms with Crippen molar-refractivity contribution in [1.82, 2.24) is 4.98 Å². The third-order valence-electron chi connectivity index (χ3n) is 1.00. The minimum Gasteiger partial charge on any atom is -0.233 e. The number of hydrogen-bond donors (Lipinski definition) is 0. The Morgan fingerprint density at radius 1 is 1.30 bits per heavy atom. The van der Waals surface area contributed by atoms with Crippen molar-refractivity contribution < 1.29 is 0 Å². The molecule has 0 aliphatic rings. The number of rotatable bonds is 2. The summed E-state index contributed by atoms with van der Waals surface area (Å²) in [6.07, 6.45) is 0. The van der Waals surface area contributed by atoms with Crippen LogP contribution >= 0.6 is 59.1 Å². The van der Waals surface area contributed by atoms with Crippen LogP contribution in [0.3, 0.4) is 0 Å². The number of hydrogen-bond acceptors (Lipinski definition) is 2. The summed E-state index contributed by atoms with van der Waals surface area (Å²) in [4.78, 5) is 5.54. The van der Waals surface area contributed by atoms with Gasteiger partial charge in [0.25, 0.3) is 0 Å². The molecule has 10 heavy (non-hydrogen) atoms. The van der Waals surface area contributed by atoms with Gasteiger partial charge in [0.2, 0.25) is 0 Å². The van der Waals surface area contributed by atoms with Crippen LogP contribution in [-0.4, -0.2) is 4.98 Å². The van der Waals surface area contributed by atoms with E-state index in [9.17, 15) is 0 Å². The molecule has 0 saturated heterocycles. The smallest absolute Gasteiger partial charge is 0.159 e. The second-order valence-corrected chi connectivity index (χ2v) is 5.09. The predicted molar refractivity (Wildman–Crippen MR) is 55.1 cm³/mol. The number of thiazole rings is 1. The Morgan fingerprint density at radius 3 is 2.40 bits per heavy atom. The molecular formula is C5H4Br3NS. The summed E-state index contributed by atoms with van der Waals surface area (Å²) in [6, 6.07) is 0. The van der Waals surface area contributed by atoms with Crippen LogP contribution < -0.4 is 0 Å². The fraction of sp³-hybridized carbons (Fsp3) is 0.400. The average Bonchev–Trinajstić information content (AvgIpc) is 2.30. The van der Waals surface area contributed by atoms with E-state index in [4.69, 9.17) is 0 Å². The quantitative estimate of drug-likeness (QED) is 0.742. The highest BCUT2D eigenvalue weighted by Gasteiger charge is 2.05. The number of nitrogens with zero attached hydrogens (tertiary/aromatic N) is 1. The van der Waals surface area contributed by atoms with Crippen LogP contribution in [0.5, 0.6) is 0 Å². The first-order valence-corrected chi connectivity index (χ1v) is 6.39. The van der Waals surface area contributed by atoms with E-state index in [1.165, 1.54) is 4.88 Å². The topological polar surface area (TPSA) is 12.9 Å². The van der Waals surface area contributed by atoms with E-state index >= 15 is 0 Å². The van der Waals surface area contributed by atoms with Crippen molar-refractivity contribution in [1.29, 1.82) is 0 Å². The van der Waals surface area contributed by atoms with Gasteiger partial charge in [0.15, 0.2) is 3.92 Å². The summed E-state index contributed by atoms with van der Waals surface area (Å²) in [7, 11) is 0. The summed E-state index contributed by atoms with van der Waals surface area (Å²) < 4.78 is 0.955. The van der Waals surface area contributed by atoms with E-state index in [1.54, 1.807) is 11.3 Å². The lowest BCUT2D eigenvalue weighted by Gasteiger charge is -1.88. The minimum atomic E-state index is 0.829. The molecule has 0 bridgehead atoms. The van der Waals surface area contributed by atoms with Gasteiger partial charge in [0, 0.05) is 15.5 Å². The first-order chi connectivity index (χ1) is 4.77. The number of alkyl halides is 2. The molecule has 0 aliphatic heterocycles. The third-order valence-corrected chi connectivity index (χ3v) is 4.01. The number of aromatic nitrogens is 1. The summed E-state index contributed by atoms with van der Waals surface area (Å²) >= 11 is 11.8. The van der Waals surface area contributed by atoms with E-state index in [-0.39, 0.29) is 0 Å². The van der Waals surface area contributed by atoms with E-state index in [0.717, 1.165) is 20.3 Å². The highest BCUT2D eigenvalue weighted by Crippen LogP contribution is 2.26. The van der Waals surface area contributed by atoms with E-state index < -0.39 is 0 Å². The van der Waals surface area contributed by atoms with Gasteiger partial charge >= 0.3 is 0 Å². The molecule has 0 spiro atoms. The largest absolute Gasteiger partial charge is 0.233 e. The first kappa shape index (κ1) is 9.16. The maximum absolute atomic E-state index is 4.26. The van der Waals surface area contributed by atoms with Crippen LogP contribution in [0.4, 0.5) is 0 Å². The lowest BCUT2D eigenvalue weighted by atomic mass is 10.4. The first-order valence-electron chi connectivity index (χ1n) is 2.54. The zero-order valence-electron chi connectivity index (χ0n) is 4.90. The van der Waals surface area contributed by atoms with Gasteiger partial charge in [-0.2, -0.15) is 0 Å². The van der Waals surface area contributed by atoms with Gasteiger partial charge in [-0.3, -0.25) is 0 Å². The van der Waals surface area contributed by atoms with Gasteiger partial charge in [0.05, 0.1) is 5.69 Å². The fourth-order valence-electron chi connectivity index (χ4n) is 0.561. The monoisotopic (exact) mass is 347 g/mol. The van der Waals surface area contributed by atoms with Crippen molar-refractivity contribution in [2.45, 2.75) is 10.7 Å². The second kappa shape index (κ2) is 4.18. The lowest BCUT2D eigenvalue weighted by Crippen LogP contribution is -1.80. The highest BCUT2D eigenvalue weighted by atomic mass is 79.9. The molecule has 5 heteroatoms. The Bertz CT molecular complexity index is 201. The zero-order chi connectivity index (χ0) is 7.56. The SMILES string of the molecule is BrCc1nc(Br)sc1CBr. The van der Waals surface area contributed by atoms with Crippen molar-refractivity contribution >= 4 is 59.1 Å². The molecule has 1 aromatic heterocycles. The molecule has 1 rings (SSSR count). The summed E-state index contributed by atoms with van der Waals surface area (Å²) in [5.41, 5.74) is 1.12. The molecular weight excluding hydrogens is 346 g/mol. The second-order valence-electron chi connectivity index (χ2n) is 1.60. The molecule has 0 aromatic carbocycles. The van der Waals surface area contributed by atoms with Crippen molar-refractivity contribution in [2.75, 3.05) is 0 Å². The Labute approximate surface area is 88.6 Å². The van der Waals surface area contributed by atoms with E-state index in [0.29, 0.717) is 0 Å². The van der Waals surface area contributed by atoms with E-state index in [2.05, 4.69) is 52.8 Å². The normalized spacial score (nSPS) is 10.3. The molecule has 56 valence electrons. The Morgan fingerprint density at radius 2 is 2.00 bits per heavy atom. The van der Waals surface area contributed by atoms with Crippen molar-refractivity contribution in [3.05, 3.63) is 14.5 Å². The predicted octanol–water partition coefficient (Wildman–Crippen LogP) is 3.70. The van der Waals surface area contributed by atoms with Gasteiger partial charge in [-0.15, -0.1) is 11.3 Å². The molecule has 0 saturated carbocycles. The van der Waals surface area contributed by atoms with Crippen LogP contribution in [0.1, 0.15) is 10.6 Å². The summed E-state index contributed by atoms with van der Waals surface area (Å²) in [5, 5.41) is 1.72. The summed E-state index contributed by atoms with van der Waals surface area (Å²) in [5.74, 6) is 0. The standard InChI is InChI=1S/C5H4Br3NS/c6-1-3-4(2-7)10-5(8)9-3/h1-2H2. The summed E-state index contributed by atoms with van der Waals surface area (Å²) in [6.45, 7) is 0. The van der Waals surface area contributed by atoms with E-state index in [1.807, 2.05) is 0 Å². The molecule has 1 aromatic rings. The van der Waals surface area contributed by atoms with Crippen LogP contribution in [0, 0.1) is 0 Å². The average molecular weight is 350 g/mol. The lowest BCUT2D eigenvalue weighted by molar-refractivity contribution is 1.19. The van der Waals surface area contributed by atoms with Gasteiger partial charge in [0.1, 0.15) is 0 Å².